The molecule has 0 saturated carbocycles. The van der Waals surface area contributed by atoms with Gasteiger partial charge in [-0.2, -0.15) is 0 Å². The van der Waals surface area contributed by atoms with E-state index < -0.39 is 0 Å². The number of thiazole rings is 1. The number of nitrogens with zero attached hydrogens (tertiary/aromatic N) is 2. The molecule has 0 bridgehead atoms. The number of aliphatic hydroxyl groups is 1. The van der Waals surface area contributed by atoms with Gasteiger partial charge < -0.3 is 10.2 Å². The molecule has 0 saturated heterocycles. The van der Waals surface area contributed by atoms with Crippen LogP contribution in [0.3, 0.4) is 0 Å². The van der Waals surface area contributed by atoms with Crippen molar-refractivity contribution < 1.29 is 10.2 Å². The average molecular weight is 330 g/mol. The van der Waals surface area contributed by atoms with Gasteiger partial charge >= 0.3 is 0 Å². The maximum atomic E-state index is 9.72. The highest BCUT2D eigenvalue weighted by Gasteiger charge is 2.05. The van der Waals surface area contributed by atoms with Crippen LogP contribution in [0.25, 0.3) is 10.2 Å². The van der Waals surface area contributed by atoms with Crippen molar-refractivity contribution in [2.45, 2.75) is 4.34 Å². The Morgan fingerprint density at radius 1 is 1.23 bits per heavy atom. The Kier molecular flexibility index (Phi) is 4.72. The monoisotopic (exact) mass is 330 g/mol. The maximum absolute atomic E-state index is 9.72. The van der Waals surface area contributed by atoms with Crippen LogP contribution in [0.15, 0.2) is 51.8 Å². The van der Waals surface area contributed by atoms with E-state index in [0.29, 0.717) is 11.3 Å². The summed E-state index contributed by atoms with van der Waals surface area (Å²) in [7, 11) is 0. The minimum Gasteiger partial charge on any atom is -0.507 e. The van der Waals surface area contributed by atoms with Gasteiger partial charge in [0.15, 0.2) is 4.34 Å². The Bertz CT molecular complexity index is 815. The third kappa shape index (κ3) is 3.47. The Labute approximate surface area is 136 Å². The standard InChI is InChI=1S/C16H14N2O2S2/c19-7-8-21-16-18-13-6-5-12(9-15(13)22-16)17-10-11-3-1-2-4-14(11)20/h1-6,9-10,19-20H,7-8H2. The van der Waals surface area contributed by atoms with Crippen LogP contribution in [0.2, 0.25) is 0 Å². The summed E-state index contributed by atoms with van der Waals surface area (Å²) in [5.74, 6) is 0.866. The molecular weight excluding hydrogens is 316 g/mol. The summed E-state index contributed by atoms with van der Waals surface area (Å²) >= 11 is 3.14. The highest BCUT2D eigenvalue weighted by atomic mass is 32.2. The average Bonchev–Trinajstić information content (AvgIpc) is 2.94. The number of aliphatic imine (C=N–C) groups is 1. The molecule has 0 unspecified atom stereocenters. The number of para-hydroxylation sites is 1. The molecule has 2 aromatic carbocycles. The fourth-order valence-electron chi connectivity index (χ4n) is 1.91. The maximum Gasteiger partial charge on any atom is 0.151 e. The van der Waals surface area contributed by atoms with Gasteiger partial charge in [-0.05, 0) is 30.3 Å². The Morgan fingerprint density at radius 2 is 2.09 bits per heavy atom. The number of thioether (sulfide) groups is 1. The third-order valence-electron chi connectivity index (χ3n) is 2.96. The van der Waals surface area contributed by atoms with Crippen molar-refractivity contribution in [3.8, 4) is 5.75 Å². The normalized spacial score (nSPS) is 11.5. The second kappa shape index (κ2) is 6.91. The van der Waals surface area contributed by atoms with Crippen molar-refractivity contribution in [3.63, 3.8) is 0 Å². The molecular formula is C16H14N2O2S2. The van der Waals surface area contributed by atoms with E-state index in [-0.39, 0.29) is 12.4 Å². The van der Waals surface area contributed by atoms with E-state index in [9.17, 15) is 5.11 Å². The van der Waals surface area contributed by atoms with Crippen molar-refractivity contribution in [3.05, 3.63) is 48.0 Å². The molecule has 3 aromatic rings. The lowest BCUT2D eigenvalue weighted by atomic mass is 10.2. The lowest BCUT2D eigenvalue weighted by molar-refractivity contribution is 0.322. The summed E-state index contributed by atoms with van der Waals surface area (Å²) in [6.45, 7) is 0.150. The van der Waals surface area contributed by atoms with Gasteiger partial charge in [0.1, 0.15) is 5.75 Å². The minimum atomic E-state index is 0.150. The molecule has 0 atom stereocenters. The smallest absolute Gasteiger partial charge is 0.151 e. The molecule has 4 nitrogen and oxygen atoms in total. The number of aromatic hydroxyl groups is 1. The molecule has 22 heavy (non-hydrogen) atoms. The van der Waals surface area contributed by atoms with Crippen molar-refractivity contribution in [1.82, 2.24) is 4.98 Å². The number of hydrogen-bond acceptors (Lipinski definition) is 6. The Hall–Kier alpha value is -1.89. The lowest BCUT2D eigenvalue weighted by Gasteiger charge is -1.97. The zero-order valence-corrected chi connectivity index (χ0v) is 13.3. The SMILES string of the molecule is OCCSc1nc2ccc(N=Cc3ccccc3O)cc2s1. The lowest BCUT2D eigenvalue weighted by Crippen LogP contribution is -1.84. The summed E-state index contributed by atoms with van der Waals surface area (Å²) < 4.78 is 2.01. The topological polar surface area (TPSA) is 65.7 Å². The molecule has 0 aliphatic rings. The second-order valence-corrected chi connectivity index (χ2v) is 6.89. The first-order chi connectivity index (χ1) is 10.8. The quantitative estimate of drug-likeness (QED) is 0.551. The fraction of sp³-hybridized carbons (Fsp3) is 0.125. The van der Waals surface area contributed by atoms with Crippen LogP contribution in [0.4, 0.5) is 5.69 Å². The van der Waals surface area contributed by atoms with Crippen LogP contribution >= 0.6 is 23.1 Å². The van der Waals surface area contributed by atoms with E-state index >= 15 is 0 Å². The number of phenolic OH excluding ortho intramolecular Hbond substituents is 1. The molecule has 0 aliphatic heterocycles. The van der Waals surface area contributed by atoms with E-state index in [2.05, 4.69) is 9.98 Å². The van der Waals surface area contributed by atoms with Gasteiger partial charge in [0, 0.05) is 17.5 Å². The zero-order valence-electron chi connectivity index (χ0n) is 11.6. The van der Waals surface area contributed by atoms with E-state index in [4.69, 9.17) is 5.11 Å². The fourth-order valence-corrected chi connectivity index (χ4v) is 3.82. The number of aromatic nitrogens is 1. The summed E-state index contributed by atoms with van der Waals surface area (Å²) in [5.41, 5.74) is 2.44. The van der Waals surface area contributed by atoms with E-state index in [1.807, 2.05) is 30.3 Å². The predicted molar refractivity (Wildman–Crippen MR) is 92.8 cm³/mol. The first-order valence-corrected chi connectivity index (χ1v) is 8.53. The highest BCUT2D eigenvalue weighted by Crippen LogP contribution is 2.31. The van der Waals surface area contributed by atoms with Crippen LogP contribution in [0, 0.1) is 0 Å². The molecule has 2 N–H and O–H groups in total. The minimum absolute atomic E-state index is 0.150. The van der Waals surface area contributed by atoms with Gasteiger partial charge in [-0.1, -0.05) is 23.9 Å². The molecule has 0 amide bonds. The number of benzene rings is 2. The summed E-state index contributed by atoms with van der Waals surface area (Å²) in [6.07, 6.45) is 1.65. The van der Waals surface area contributed by atoms with Gasteiger partial charge in [-0.15, -0.1) is 11.3 Å². The largest absolute Gasteiger partial charge is 0.507 e. The zero-order chi connectivity index (χ0) is 15.4. The Morgan fingerprint density at radius 3 is 2.91 bits per heavy atom. The number of rotatable bonds is 5. The third-order valence-corrected chi connectivity index (χ3v) is 5.10. The molecule has 3 rings (SSSR count). The van der Waals surface area contributed by atoms with Crippen molar-refractivity contribution in [2.24, 2.45) is 4.99 Å². The van der Waals surface area contributed by atoms with Crippen LogP contribution in [0.5, 0.6) is 5.75 Å². The second-order valence-electron chi connectivity index (χ2n) is 4.52. The Balaban J connectivity index is 1.84. The van der Waals surface area contributed by atoms with Gasteiger partial charge in [-0.3, -0.25) is 4.99 Å². The summed E-state index contributed by atoms with van der Waals surface area (Å²) in [5, 5.41) is 18.6. The van der Waals surface area contributed by atoms with E-state index in [0.717, 1.165) is 20.2 Å². The van der Waals surface area contributed by atoms with Crippen molar-refractivity contribution >= 4 is 45.2 Å². The van der Waals surface area contributed by atoms with E-state index in [1.165, 1.54) is 0 Å². The van der Waals surface area contributed by atoms with Crippen LogP contribution in [0.1, 0.15) is 5.56 Å². The van der Waals surface area contributed by atoms with E-state index in [1.54, 1.807) is 41.4 Å². The molecule has 0 spiro atoms. The van der Waals surface area contributed by atoms with Crippen LogP contribution in [-0.4, -0.2) is 33.8 Å². The van der Waals surface area contributed by atoms with Gasteiger partial charge in [0.05, 0.1) is 22.5 Å². The first kappa shape index (κ1) is 15.0. The van der Waals surface area contributed by atoms with Gasteiger partial charge in [0.2, 0.25) is 0 Å². The molecule has 112 valence electrons. The molecule has 0 fully saturated rings. The van der Waals surface area contributed by atoms with Gasteiger partial charge in [-0.25, -0.2) is 4.98 Å². The van der Waals surface area contributed by atoms with Crippen molar-refractivity contribution in [2.75, 3.05) is 12.4 Å². The van der Waals surface area contributed by atoms with Crippen LogP contribution < -0.4 is 0 Å². The number of aliphatic hydroxyl groups excluding tert-OH is 1. The highest BCUT2D eigenvalue weighted by molar-refractivity contribution is 8.01. The molecule has 0 radical (unpaired) electrons. The van der Waals surface area contributed by atoms with Crippen molar-refractivity contribution in [1.29, 1.82) is 0 Å². The first-order valence-electron chi connectivity index (χ1n) is 6.72. The molecule has 1 aromatic heterocycles. The molecule has 1 heterocycles. The molecule has 6 heteroatoms. The number of fused-ring (bicyclic) bond motifs is 1. The van der Waals surface area contributed by atoms with Gasteiger partial charge in [0.25, 0.3) is 0 Å². The molecule has 0 aliphatic carbocycles. The number of hydrogen-bond donors (Lipinski definition) is 2. The predicted octanol–water partition coefficient (Wildman–Crippen LogP) is 3.84. The summed E-state index contributed by atoms with van der Waals surface area (Å²) in [4.78, 5) is 8.91. The summed E-state index contributed by atoms with van der Waals surface area (Å²) in [6, 6.07) is 12.9. The number of phenols is 1. The van der Waals surface area contributed by atoms with Crippen LogP contribution in [-0.2, 0) is 0 Å².